The molecule has 2 rings (SSSR count). The summed E-state index contributed by atoms with van der Waals surface area (Å²) in [6, 6.07) is 0. The Morgan fingerprint density at radius 3 is 2.81 bits per heavy atom. The van der Waals surface area contributed by atoms with Gasteiger partial charge in [-0.1, -0.05) is 32.1 Å². The van der Waals surface area contributed by atoms with E-state index in [1.165, 1.54) is 38.3 Å². The van der Waals surface area contributed by atoms with Crippen LogP contribution in [0.4, 0.5) is 0 Å². The SMILES string of the molecule is O=C(O)c1cnc(CCC2CCCCC2)o1. The summed E-state index contributed by atoms with van der Waals surface area (Å²) in [7, 11) is 0. The summed E-state index contributed by atoms with van der Waals surface area (Å²) in [6.07, 6.45) is 9.74. The quantitative estimate of drug-likeness (QED) is 0.852. The highest BCUT2D eigenvalue weighted by molar-refractivity contribution is 5.83. The monoisotopic (exact) mass is 223 g/mol. The summed E-state index contributed by atoms with van der Waals surface area (Å²) < 4.78 is 5.13. The van der Waals surface area contributed by atoms with Gasteiger partial charge in [-0.3, -0.25) is 0 Å². The Bertz CT molecular complexity index is 353. The highest BCUT2D eigenvalue weighted by atomic mass is 16.4. The van der Waals surface area contributed by atoms with Crippen LogP contribution in [0.15, 0.2) is 10.6 Å². The molecule has 0 saturated heterocycles. The van der Waals surface area contributed by atoms with E-state index < -0.39 is 5.97 Å². The van der Waals surface area contributed by atoms with E-state index in [9.17, 15) is 4.79 Å². The lowest BCUT2D eigenvalue weighted by Crippen LogP contribution is -2.07. The summed E-state index contributed by atoms with van der Waals surface area (Å²) in [6.45, 7) is 0. The standard InChI is InChI=1S/C12H17NO3/c14-12(15)10-8-13-11(16-10)7-6-9-4-2-1-3-5-9/h8-9H,1-7H2,(H,14,15). The summed E-state index contributed by atoms with van der Waals surface area (Å²) in [5.74, 6) is 0.229. The van der Waals surface area contributed by atoms with Crippen LogP contribution >= 0.6 is 0 Å². The van der Waals surface area contributed by atoms with E-state index in [1.54, 1.807) is 0 Å². The third-order valence-electron chi connectivity index (χ3n) is 3.26. The third-order valence-corrected chi connectivity index (χ3v) is 3.26. The Morgan fingerprint density at radius 2 is 2.19 bits per heavy atom. The van der Waals surface area contributed by atoms with Crippen LogP contribution in [0, 0.1) is 5.92 Å². The van der Waals surface area contributed by atoms with E-state index in [0.717, 1.165) is 18.8 Å². The number of carbonyl (C=O) groups is 1. The Kier molecular flexibility index (Phi) is 3.59. The lowest BCUT2D eigenvalue weighted by Gasteiger charge is -2.20. The molecule has 0 amide bonds. The number of hydrogen-bond donors (Lipinski definition) is 1. The van der Waals surface area contributed by atoms with E-state index in [2.05, 4.69) is 4.98 Å². The lowest BCUT2D eigenvalue weighted by atomic mass is 9.86. The molecule has 1 aromatic heterocycles. The number of nitrogens with zero attached hydrogens (tertiary/aromatic N) is 1. The highest BCUT2D eigenvalue weighted by Gasteiger charge is 2.15. The van der Waals surface area contributed by atoms with Gasteiger partial charge in [0, 0.05) is 6.42 Å². The number of hydrogen-bond acceptors (Lipinski definition) is 3. The second kappa shape index (κ2) is 5.14. The number of aromatic carboxylic acids is 1. The van der Waals surface area contributed by atoms with E-state index in [-0.39, 0.29) is 5.76 Å². The van der Waals surface area contributed by atoms with E-state index >= 15 is 0 Å². The molecule has 0 aromatic carbocycles. The summed E-state index contributed by atoms with van der Waals surface area (Å²) in [5.41, 5.74) is 0. The molecular weight excluding hydrogens is 206 g/mol. The Labute approximate surface area is 94.7 Å². The zero-order valence-corrected chi connectivity index (χ0v) is 9.32. The van der Waals surface area contributed by atoms with Gasteiger partial charge in [0.15, 0.2) is 5.89 Å². The first-order chi connectivity index (χ1) is 7.75. The second-order valence-corrected chi connectivity index (χ2v) is 4.47. The second-order valence-electron chi connectivity index (χ2n) is 4.47. The molecule has 1 aliphatic carbocycles. The van der Waals surface area contributed by atoms with E-state index in [1.807, 2.05) is 0 Å². The topological polar surface area (TPSA) is 63.3 Å². The first kappa shape index (κ1) is 11.2. The van der Waals surface area contributed by atoms with Crippen LogP contribution in [0.1, 0.15) is 55.0 Å². The van der Waals surface area contributed by atoms with Crippen LogP contribution in [0.25, 0.3) is 0 Å². The molecule has 88 valence electrons. The number of carboxylic acids is 1. The molecule has 1 aromatic rings. The zero-order valence-electron chi connectivity index (χ0n) is 9.32. The fourth-order valence-corrected chi connectivity index (χ4v) is 2.33. The molecule has 0 unspecified atom stereocenters. The van der Waals surface area contributed by atoms with Crippen molar-refractivity contribution >= 4 is 5.97 Å². The van der Waals surface area contributed by atoms with Crippen molar-refractivity contribution in [3.63, 3.8) is 0 Å². The summed E-state index contributed by atoms with van der Waals surface area (Å²) >= 11 is 0. The minimum absolute atomic E-state index is 0.0568. The van der Waals surface area contributed by atoms with Gasteiger partial charge in [0.1, 0.15) is 0 Å². The molecule has 1 fully saturated rings. The molecule has 16 heavy (non-hydrogen) atoms. The number of carboxylic acid groups (broad SMARTS) is 1. The number of aryl methyl sites for hydroxylation is 1. The molecule has 0 atom stereocenters. The minimum atomic E-state index is -1.04. The van der Waals surface area contributed by atoms with E-state index in [4.69, 9.17) is 9.52 Å². The van der Waals surface area contributed by atoms with Crippen LogP contribution < -0.4 is 0 Å². The summed E-state index contributed by atoms with van der Waals surface area (Å²) in [5, 5.41) is 8.68. The highest BCUT2D eigenvalue weighted by Crippen LogP contribution is 2.27. The number of aromatic nitrogens is 1. The van der Waals surface area contributed by atoms with Crippen LogP contribution in [-0.2, 0) is 6.42 Å². The van der Waals surface area contributed by atoms with Crippen molar-refractivity contribution in [2.45, 2.75) is 44.9 Å². The van der Waals surface area contributed by atoms with Gasteiger partial charge in [-0.2, -0.15) is 0 Å². The molecule has 0 aliphatic heterocycles. The van der Waals surface area contributed by atoms with Crippen molar-refractivity contribution in [2.24, 2.45) is 5.92 Å². The Morgan fingerprint density at radius 1 is 1.44 bits per heavy atom. The average Bonchev–Trinajstić information content (AvgIpc) is 2.76. The summed E-state index contributed by atoms with van der Waals surface area (Å²) in [4.78, 5) is 14.6. The molecule has 0 bridgehead atoms. The van der Waals surface area contributed by atoms with Gasteiger partial charge in [-0.05, 0) is 12.3 Å². The third kappa shape index (κ3) is 2.84. The zero-order chi connectivity index (χ0) is 11.4. The Hall–Kier alpha value is -1.32. The minimum Gasteiger partial charge on any atom is -0.475 e. The normalized spacial score (nSPS) is 17.5. The molecule has 1 heterocycles. The van der Waals surface area contributed by atoms with Crippen LogP contribution in [0.3, 0.4) is 0 Å². The van der Waals surface area contributed by atoms with Gasteiger partial charge in [-0.25, -0.2) is 9.78 Å². The van der Waals surface area contributed by atoms with Crippen molar-refractivity contribution < 1.29 is 14.3 Å². The number of rotatable bonds is 4. The molecule has 0 radical (unpaired) electrons. The van der Waals surface area contributed by atoms with Crippen molar-refractivity contribution in [3.8, 4) is 0 Å². The molecule has 1 saturated carbocycles. The number of oxazole rings is 1. The smallest absolute Gasteiger partial charge is 0.373 e. The van der Waals surface area contributed by atoms with Gasteiger partial charge in [0.25, 0.3) is 0 Å². The average molecular weight is 223 g/mol. The van der Waals surface area contributed by atoms with Crippen molar-refractivity contribution in [1.82, 2.24) is 4.98 Å². The van der Waals surface area contributed by atoms with Crippen LogP contribution in [0.5, 0.6) is 0 Å². The van der Waals surface area contributed by atoms with Gasteiger partial charge >= 0.3 is 5.97 Å². The molecule has 1 N–H and O–H groups in total. The lowest BCUT2D eigenvalue weighted by molar-refractivity contribution is 0.0660. The van der Waals surface area contributed by atoms with Crippen molar-refractivity contribution in [2.75, 3.05) is 0 Å². The van der Waals surface area contributed by atoms with Gasteiger partial charge in [0.2, 0.25) is 5.76 Å². The largest absolute Gasteiger partial charge is 0.475 e. The van der Waals surface area contributed by atoms with Crippen LogP contribution in [-0.4, -0.2) is 16.1 Å². The fraction of sp³-hybridized carbons (Fsp3) is 0.667. The van der Waals surface area contributed by atoms with E-state index in [0.29, 0.717) is 5.89 Å². The molecule has 4 heteroatoms. The molecule has 1 aliphatic rings. The van der Waals surface area contributed by atoms with Gasteiger partial charge in [-0.15, -0.1) is 0 Å². The first-order valence-electron chi connectivity index (χ1n) is 5.93. The first-order valence-corrected chi connectivity index (χ1v) is 5.93. The van der Waals surface area contributed by atoms with Crippen molar-refractivity contribution in [1.29, 1.82) is 0 Å². The maximum absolute atomic E-state index is 10.6. The Balaban J connectivity index is 1.81. The van der Waals surface area contributed by atoms with Gasteiger partial charge in [0.05, 0.1) is 6.20 Å². The van der Waals surface area contributed by atoms with Crippen molar-refractivity contribution in [3.05, 3.63) is 17.8 Å². The molecular formula is C12H17NO3. The molecule has 4 nitrogen and oxygen atoms in total. The van der Waals surface area contributed by atoms with Gasteiger partial charge < -0.3 is 9.52 Å². The molecule has 0 spiro atoms. The fourth-order valence-electron chi connectivity index (χ4n) is 2.33. The maximum Gasteiger partial charge on any atom is 0.373 e. The van der Waals surface area contributed by atoms with Crippen LogP contribution in [0.2, 0.25) is 0 Å². The predicted molar refractivity (Wildman–Crippen MR) is 58.4 cm³/mol. The maximum atomic E-state index is 10.6. The predicted octanol–water partition coefficient (Wildman–Crippen LogP) is 2.89.